The molecule has 1 atom stereocenters. The van der Waals surface area contributed by atoms with Crippen LogP contribution in [0.25, 0.3) is 0 Å². The van der Waals surface area contributed by atoms with E-state index < -0.39 is 5.82 Å². The van der Waals surface area contributed by atoms with Gasteiger partial charge in [0.05, 0.1) is 5.02 Å². The van der Waals surface area contributed by atoms with E-state index in [0.29, 0.717) is 5.69 Å². The zero-order chi connectivity index (χ0) is 14.5. The molecule has 2 N–H and O–H groups in total. The number of halogens is 2. The van der Waals surface area contributed by atoms with Crippen LogP contribution in [0.1, 0.15) is 39.0 Å². The molecule has 0 spiro atoms. The Bertz CT molecular complexity index is 475. The first-order valence-electron chi connectivity index (χ1n) is 7.08. The van der Waals surface area contributed by atoms with Crippen molar-refractivity contribution in [2.75, 3.05) is 5.32 Å². The summed E-state index contributed by atoms with van der Waals surface area (Å²) in [6.45, 7) is 1.79. The van der Waals surface area contributed by atoms with Gasteiger partial charge < -0.3 is 10.6 Å². The van der Waals surface area contributed by atoms with Gasteiger partial charge in [0.2, 0.25) is 5.91 Å². The second-order valence-corrected chi connectivity index (χ2v) is 5.75. The van der Waals surface area contributed by atoms with Crippen molar-refractivity contribution >= 4 is 23.2 Å². The number of anilines is 1. The Balaban J connectivity index is 1.88. The van der Waals surface area contributed by atoms with Gasteiger partial charge in [-0.05, 0) is 38.0 Å². The summed E-state index contributed by atoms with van der Waals surface area (Å²) < 4.78 is 13.1. The average molecular weight is 299 g/mol. The van der Waals surface area contributed by atoms with Crippen molar-refractivity contribution in [1.29, 1.82) is 0 Å². The Hall–Kier alpha value is -1.29. The van der Waals surface area contributed by atoms with Gasteiger partial charge in [-0.1, -0.05) is 30.9 Å². The fourth-order valence-corrected chi connectivity index (χ4v) is 2.66. The Morgan fingerprint density at radius 1 is 1.35 bits per heavy atom. The zero-order valence-electron chi connectivity index (χ0n) is 11.6. The first kappa shape index (κ1) is 15.1. The summed E-state index contributed by atoms with van der Waals surface area (Å²) in [7, 11) is 0. The predicted octanol–water partition coefficient (Wildman–Crippen LogP) is 3.73. The highest BCUT2D eigenvalue weighted by Crippen LogP contribution is 2.20. The van der Waals surface area contributed by atoms with Crippen LogP contribution >= 0.6 is 11.6 Å². The van der Waals surface area contributed by atoms with Crippen molar-refractivity contribution in [3.8, 4) is 0 Å². The van der Waals surface area contributed by atoms with Crippen LogP contribution in [0.3, 0.4) is 0 Å². The van der Waals surface area contributed by atoms with Gasteiger partial charge in [0.25, 0.3) is 0 Å². The second kappa shape index (κ2) is 6.93. The van der Waals surface area contributed by atoms with Crippen molar-refractivity contribution in [3.05, 3.63) is 29.0 Å². The van der Waals surface area contributed by atoms with Gasteiger partial charge in [-0.2, -0.15) is 0 Å². The number of benzene rings is 1. The molecular weight excluding hydrogens is 279 g/mol. The van der Waals surface area contributed by atoms with E-state index in [-0.39, 0.29) is 23.0 Å². The Labute approximate surface area is 123 Å². The lowest BCUT2D eigenvalue weighted by Crippen LogP contribution is -2.44. The molecule has 0 radical (unpaired) electrons. The number of carbonyl (C=O) groups excluding carboxylic acids is 1. The summed E-state index contributed by atoms with van der Waals surface area (Å²) in [4.78, 5) is 12.1. The maximum Gasteiger partial charge on any atom is 0.242 e. The minimum Gasteiger partial charge on any atom is -0.374 e. The molecule has 0 heterocycles. The molecule has 1 aliphatic carbocycles. The van der Waals surface area contributed by atoms with E-state index in [4.69, 9.17) is 11.6 Å². The van der Waals surface area contributed by atoms with Crippen LogP contribution in [0.15, 0.2) is 18.2 Å². The lowest BCUT2D eigenvalue weighted by Gasteiger charge is -2.25. The van der Waals surface area contributed by atoms with Crippen molar-refractivity contribution in [3.63, 3.8) is 0 Å². The molecule has 5 heteroatoms. The molecular formula is C15H20ClFN2O. The van der Waals surface area contributed by atoms with Crippen molar-refractivity contribution in [2.24, 2.45) is 0 Å². The summed E-state index contributed by atoms with van der Waals surface area (Å²) in [5.74, 6) is -0.492. The number of rotatable bonds is 4. The standard InChI is InChI=1S/C15H20ClFN2O/c1-10(15(20)19-11-5-3-2-4-6-11)18-12-7-8-14(17)13(16)9-12/h7-11,18H,2-6H2,1H3,(H,19,20). The van der Waals surface area contributed by atoms with E-state index in [0.717, 1.165) is 12.8 Å². The van der Waals surface area contributed by atoms with Crippen LogP contribution in [0.5, 0.6) is 0 Å². The number of carbonyl (C=O) groups is 1. The Kier molecular flexibility index (Phi) is 5.24. The molecule has 2 rings (SSSR count). The van der Waals surface area contributed by atoms with Crippen molar-refractivity contribution < 1.29 is 9.18 Å². The Morgan fingerprint density at radius 3 is 2.70 bits per heavy atom. The van der Waals surface area contributed by atoms with Crippen molar-refractivity contribution in [1.82, 2.24) is 5.32 Å². The molecule has 0 aliphatic heterocycles. The molecule has 1 saturated carbocycles. The maximum atomic E-state index is 13.1. The SMILES string of the molecule is CC(Nc1ccc(F)c(Cl)c1)C(=O)NC1CCCCC1. The number of hydrogen-bond acceptors (Lipinski definition) is 2. The smallest absolute Gasteiger partial charge is 0.242 e. The minimum absolute atomic E-state index is 0.0302. The lowest BCUT2D eigenvalue weighted by atomic mass is 9.95. The summed E-state index contributed by atoms with van der Waals surface area (Å²) in [5.41, 5.74) is 0.641. The third-order valence-electron chi connectivity index (χ3n) is 3.65. The summed E-state index contributed by atoms with van der Waals surface area (Å²) >= 11 is 5.72. The van der Waals surface area contributed by atoms with E-state index >= 15 is 0 Å². The van der Waals surface area contributed by atoms with Crippen LogP contribution < -0.4 is 10.6 Å². The molecule has 110 valence electrons. The average Bonchev–Trinajstić information content (AvgIpc) is 2.44. The lowest BCUT2D eigenvalue weighted by molar-refractivity contribution is -0.122. The van der Waals surface area contributed by atoms with Gasteiger partial charge in [0, 0.05) is 11.7 Å². The monoisotopic (exact) mass is 298 g/mol. The molecule has 1 unspecified atom stereocenters. The van der Waals surface area contributed by atoms with Crippen LogP contribution in [0, 0.1) is 5.82 Å². The molecule has 1 aromatic rings. The van der Waals surface area contributed by atoms with E-state index in [1.54, 1.807) is 13.0 Å². The van der Waals surface area contributed by atoms with Crippen LogP contribution in [0.4, 0.5) is 10.1 Å². The molecule has 1 fully saturated rings. The normalized spacial score (nSPS) is 17.6. The quantitative estimate of drug-likeness (QED) is 0.889. The highest BCUT2D eigenvalue weighted by Gasteiger charge is 2.19. The van der Waals surface area contributed by atoms with Gasteiger partial charge in [0.15, 0.2) is 0 Å². The molecule has 1 aliphatic rings. The van der Waals surface area contributed by atoms with Crippen molar-refractivity contribution in [2.45, 2.75) is 51.1 Å². The van der Waals surface area contributed by atoms with Gasteiger partial charge in [-0.15, -0.1) is 0 Å². The topological polar surface area (TPSA) is 41.1 Å². The van der Waals surface area contributed by atoms with E-state index in [1.165, 1.54) is 31.4 Å². The number of nitrogens with one attached hydrogen (secondary N) is 2. The second-order valence-electron chi connectivity index (χ2n) is 5.34. The zero-order valence-corrected chi connectivity index (χ0v) is 12.3. The minimum atomic E-state index is -0.462. The highest BCUT2D eigenvalue weighted by molar-refractivity contribution is 6.31. The Morgan fingerprint density at radius 2 is 2.05 bits per heavy atom. The molecule has 0 aromatic heterocycles. The fourth-order valence-electron chi connectivity index (χ4n) is 2.47. The highest BCUT2D eigenvalue weighted by atomic mass is 35.5. The molecule has 0 bridgehead atoms. The molecule has 3 nitrogen and oxygen atoms in total. The number of amides is 1. The fraction of sp³-hybridized carbons (Fsp3) is 0.533. The van der Waals surface area contributed by atoms with Crippen LogP contribution in [0.2, 0.25) is 5.02 Å². The third kappa shape index (κ3) is 4.10. The molecule has 1 aromatic carbocycles. The van der Waals surface area contributed by atoms with Gasteiger partial charge in [-0.3, -0.25) is 4.79 Å². The molecule has 1 amide bonds. The van der Waals surface area contributed by atoms with Gasteiger partial charge in [0.1, 0.15) is 11.9 Å². The summed E-state index contributed by atoms with van der Waals surface area (Å²) in [6, 6.07) is 4.26. The largest absolute Gasteiger partial charge is 0.374 e. The van der Waals surface area contributed by atoms with E-state index in [1.807, 2.05) is 0 Å². The summed E-state index contributed by atoms with van der Waals surface area (Å²) in [6.07, 6.45) is 5.73. The summed E-state index contributed by atoms with van der Waals surface area (Å²) in [5, 5.41) is 6.14. The van der Waals surface area contributed by atoms with Gasteiger partial charge in [-0.25, -0.2) is 4.39 Å². The maximum absolute atomic E-state index is 13.1. The molecule has 20 heavy (non-hydrogen) atoms. The first-order valence-corrected chi connectivity index (χ1v) is 7.46. The van der Waals surface area contributed by atoms with Crippen LogP contribution in [-0.2, 0) is 4.79 Å². The first-order chi connectivity index (χ1) is 9.56. The van der Waals surface area contributed by atoms with Crippen LogP contribution in [-0.4, -0.2) is 18.0 Å². The van der Waals surface area contributed by atoms with E-state index in [2.05, 4.69) is 10.6 Å². The molecule has 0 saturated heterocycles. The number of hydrogen-bond donors (Lipinski definition) is 2. The predicted molar refractivity (Wildman–Crippen MR) is 79.5 cm³/mol. The third-order valence-corrected chi connectivity index (χ3v) is 3.94. The van der Waals surface area contributed by atoms with Gasteiger partial charge >= 0.3 is 0 Å². The van der Waals surface area contributed by atoms with E-state index in [9.17, 15) is 9.18 Å².